The molecule has 0 fully saturated rings. The minimum absolute atomic E-state index is 0.0922. The van der Waals surface area contributed by atoms with E-state index in [-0.39, 0.29) is 5.91 Å². The number of hydrogen-bond donors (Lipinski definition) is 2. The van der Waals surface area contributed by atoms with Gasteiger partial charge in [-0.25, -0.2) is 0 Å². The van der Waals surface area contributed by atoms with E-state index < -0.39 is 0 Å². The van der Waals surface area contributed by atoms with Crippen LogP contribution < -0.4 is 20.1 Å². The van der Waals surface area contributed by atoms with Crippen molar-refractivity contribution in [1.82, 2.24) is 9.88 Å². The number of anilines is 3. The maximum atomic E-state index is 12.7. The number of allylic oxidation sites excluding steroid dienone is 1. The molecule has 39 heavy (non-hydrogen) atoms. The molecule has 206 valence electrons. The Kier molecular flexibility index (Phi) is 11.1. The summed E-state index contributed by atoms with van der Waals surface area (Å²) >= 11 is 0. The van der Waals surface area contributed by atoms with Crippen LogP contribution in [0.25, 0.3) is 10.9 Å². The molecular formula is C31H39N5O3. The molecule has 3 aromatic rings. The van der Waals surface area contributed by atoms with Crippen LogP contribution in [-0.2, 0) is 4.79 Å². The Morgan fingerprint density at radius 1 is 1.23 bits per heavy atom. The molecule has 0 aliphatic rings. The van der Waals surface area contributed by atoms with E-state index in [1.165, 1.54) is 0 Å². The standard InChI is InChI=1S/C31H39N5O3/c1-6-8-10-22(3)21-39-25-14-12-24(13-15-25)34-31-23(19-32)20-33-27-18-29(38-7-2)28(17-26(27)31)35-30(37)11-9-16-36(4)5/h6,12-15,17-18,20,22H,1,7-11,16,21H2,2-5H3,(H,33,34)(H,35,37). The minimum Gasteiger partial charge on any atom is -0.493 e. The number of aromatic nitrogens is 1. The Hall–Kier alpha value is -4.09. The summed E-state index contributed by atoms with van der Waals surface area (Å²) in [7, 11) is 3.96. The van der Waals surface area contributed by atoms with Gasteiger partial charge in [0.2, 0.25) is 5.91 Å². The Bertz CT molecular complexity index is 1300. The van der Waals surface area contributed by atoms with E-state index >= 15 is 0 Å². The highest BCUT2D eigenvalue weighted by Crippen LogP contribution is 2.36. The van der Waals surface area contributed by atoms with E-state index in [0.29, 0.717) is 59.1 Å². The van der Waals surface area contributed by atoms with Crippen LogP contribution >= 0.6 is 0 Å². The first-order valence-electron chi connectivity index (χ1n) is 13.4. The fraction of sp³-hybridized carbons (Fsp3) is 0.387. The normalized spacial score (nSPS) is 11.6. The van der Waals surface area contributed by atoms with E-state index in [4.69, 9.17) is 9.47 Å². The summed E-state index contributed by atoms with van der Waals surface area (Å²) in [6, 6.07) is 13.5. The molecule has 0 spiro atoms. The maximum absolute atomic E-state index is 12.7. The van der Waals surface area contributed by atoms with Gasteiger partial charge in [-0.3, -0.25) is 9.78 Å². The molecular weight excluding hydrogens is 490 g/mol. The molecule has 1 unspecified atom stereocenters. The molecule has 0 aliphatic heterocycles. The van der Waals surface area contributed by atoms with E-state index in [1.807, 2.05) is 62.3 Å². The van der Waals surface area contributed by atoms with Gasteiger partial charge in [0, 0.05) is 29.8 Å². The van der Waals surface area contributed by atoms with Crippen LogP contribution in [-0.4, -0.2) is 49.6 Å². The number of nitriles is 1. The number of hydrogen-bond acceptors (Lipinski definition) is 7. The predicted octanol–water partition coefficient (Wildman–Crippen LogP) is 6.51. The van der Waals surface area contributed by atoms with Crippen molar-refractivity contribution in [3.05, 3.63) is 60.8 Å². The lowest BCUT2D eigenvalue weighted by Gasteiger charge is -2.17. The smallest absolute Gasteiger partial charge is 0.224 e. The molecule has 0 bridgehead atoms. The Morgan fingerprint density at radius 2 is 2.00 bits per heavy atom. The summed E-state index contributed by atoms with van der Waals surface area (Å²) in [5.41, 5.74) is 3.01. The van der Waals surface area contributed by atoms with Gasteiger partial charge in [-0.15, -0.1) is 6.58 Å². The highest BCUT2D eigenvalue weighted by molar-refractivity contribution is 6.02. The van der Waals surface area contributed by atoms with Crippen molar-refractivity contribution >= 4 is 33.9 Å². The average molecular weight is 530 g/mol. The van der Waals surface area contributed by atoms with Gasteiger partial charge in [0.05, 0.1) is 35.7 Å². The zero-order valence-corrected chi connectivity index (χ0v) is 23.4. The summed E-state index contributed by atoms with van der Waals surface area (Å²) in [6.07, 6.45) is 6.63. The minimum atomic E-state index is -0.0922. The van der Waals surface area contributed by atoms with Crippen LogP contribution in [0.1, 0.15) is 45.1 Å². The lowest BCUT2D eigenvalue weighted by atomic mass is 10.1. The van der Waals surface area contributed by atoms with Crippen molar-refractivity contribution < 1.29 is 14.3 Å². The lowest BCUT2D eigenvalue weighted by molar-refractivity contribution is -0.116. The number of nitrogens with zero attached hydrogens (tertiary/aromatic N) is 3. The Labute approximate surface area is 231 Å². The van der Waals surface area contributed by atoms with Crippen molar-refractivity contribution in [2.24, 2.45) is 5.92 Å². The van der Waals surface area contributed by atoms with Gasteiger partial charge in [0.15, 0.2) is 0 Å². The number of carbonyl (C=O) groups excluding carboxylic acids is 1. The van der Waals surface area contributed by atoms with Crippen LogP contribution in [0.15, 0.2) is 55.3 Å². The second-order valence-corrected chi connectivity index (χ2v) is 9.84. The number of rotatable bonds is 15. The average Bonchev–Trinajstić information content (AvgIpc) is 2.92. The summed E-state index contributed by atoms with van der Waals surface area (Å²) in [6.45, 7) is 9.73. The Balaban J connectivity index is 1.85. The molecule has 1 heterocycles. The third kappa shape index (κ3) is 8.72. The Morgan fingerprint density at radius 3 is 2.67 bits per heavy atom. The van der Waals surface area contributed by atoms with Crippen LogP contribution in [0.2, 0.25) is 0 Å². The van der Waals surface area contributed by atoms with Gasteiger partial charge < -0.3 is 25.0 Å². The fourth-order valence-electron chi connectivity index (χ4n) is 4.08. The van der Waals surface area contributed by atoms with Gasteiger partial charge in [0.1, 0.15) is 17.6 Å². The molecule has 0 saturated carbocycles. The number of ether oxygens (including phenoxy) is 2. The zero-order valence-electron chi connectivity index (χ0n) is 23.4. The molecule has 0 saturated heterocycles. The number of pyridine rings is 1. The number of carbonyl (C=O) groups is 1. The summed E-state index contributed by atoms with van der Waals surface area (Å²) in [5.74, 6) is 1.67. The van der Waals surface area contributed by atoms with Gasteiger partial charge in [-0.05, 0) is 83.1 Å². The predicted molar refractivity (Wildman–Crippen MR) is 158 cm³/mol. The SMILES string of the molecule is C=CCCC(C)COc1ccc(Nc2c(C#N)cnc3cc(OCC)c(NC(=O)CCCN(C)C)cc23)cc1. The molecule has 8 heteroatoms. The van der Waals surface area contributed by atoms with Crippen LogP contribution in [0.3, 0.4) is 0 Å². The fourth-order valence-corrected chi connectivity index (χ4v) is 4.08. The third-order valence-corrected chi connectivity index (χ3v) is 6.19. The zero-order chi connectivity index (χ0) is 28.2. The van der Waals surface area contributed by atoms with Crippen molar-refractivity contribution in [2.75, 3.05) is 44.5 Å². The lowest BCUT2D eigenvalue weighted by Crippen LogP contribution is -2.17. The first-order valence-corrected chi connectivity index (χ1v) is 13.4. The topological polar surface area (TPSA) is 99.5 Å². The first kappa shape index (κ1) is 29.5. The van der Waals surface area contributed by atoms with Crippen molar-refractivity contribution in [2.45, 2.75) is 39.5 Å². The van der Waals surface area contributed by atoms with Crippen molar-refractivity contribution in [1.29, 1.82) is 5.26 Å². The van der Waals surface area contributed by atoms with Crippen molar-refractivity contribution in [3.63, 3.8) is 0 Å². The highest BCUT2D eigenvalue weighted by Gasteiger charge is 2.16. The molecule has 3 rings (SSSR count). The monoisotopic (exact) mass is 529 g/mol. The molecule has 1 amide bonds. The second kappa shape index (κ2) is 14.7. The van der Waals surface area contributed by atoms with Gasteiger partial charge in [-0.2, -0.15) is 5.26 Å². The maximum Gasteiger partial charge on any atom is 0.224 e. The molecule has 1 aromatic heterocycles. The van der Waals surface area contributed by atoms with E-state index in [2.05, 4.69) is 35.2 Å². The third-order valence-electron chi connectivity index (χ3n) is 6.19. The summed E-state index contributed by atoms with van der Waals surface area (Å²) in [4.78, 5) is 19.2. The van der Waals surface area contributed by atoms with Crippen LogP contribution in [0.4, 0.5) is 17.1 Å². The number of nitrogens with one attached hydrogen (secondary N) is 2. The molecule has 8 nitrogen and oxygen atoms in total. The van der Waals surface area contributed by atoms with Gasteiger partial charge in [-0.1, -0.05) is 13.0 Å². The van der Waals surface area contributed by atoms with Gasteiger partial charge >= 0.3 is 0 Å². The molecule has 2 aromatic carbocycles. The first-order chi connectivity index (χ1) is 18.8. The van der Waals surface area contributed by atoms with E-state index in [9.17, 15) is 10.1 Å². The number of benzene rings is 2. The van der Waals surface area contributed by atoms with E-state index in [1.54, 1.807) is 12.3 Å². The summed E-state index contributed by atoms with van der Waals surface area (Å²) in [5, 5.41) is 16.9. The van der Waals surface area contributed by atoms with Crippen molar-refractivity contribution in [3.8, 4) is 17.6 Å². The van der Waals surface area contributed by atoms with Crippen LogP contribution in [0, 0.1) is 17.2 Å². The quantitative estimate of drug-likeness (QED) is 0.217. The molecule has 0 radical (unpaired) electrons. The number of fused-ring (bicyclic) bond motifs is 1. The number of amides is 1. The summed E-state index contributed by atoms with van der Waals surface area (Å²) < 4.78 is 11.7. The molecule has 0 aliphatic carbocycles. The molecule has 2 N–H and O–H groups in total. The second-order valence-electron chi connectivity index (χ2n) is 9.84. The van der Waals surface area contributed by atoms with Gasteiger partial charge in [0.25, 0.3) is 0 Å². The molecule has 1 atom stereocenters. The van der Waals surface area contributed by atoms with Crippen LogP contribution in [0.5, 0.6) is 11.5 Å². The largest absolute Gasteiger partial charge is 0.493 e. The van der Waals surface area contributed by atoms with E-state index in [0.717, 1.165) is 37.2 Å². The highest BCUT2D eigenvalue weighted by atomic mass is 16.5.